The Kier molecular flexibility index (Phi) is 8.39. The second-order valence-corrected chi connectivity index (χ2v) is 8.16. The van der Waals surface area contributed by atoms with Crippen LogP contribution < -0.4 is 14.8 Å². The van der Waals surface area contributed by atoms with Crippen LogP contribution in [-0.4, -0.2) is 47.4 Å². The van der Waals surface area contributed by atoms with Crippen LogP contribution >= 0.6 is 0 Å². The molecule has 0 heterocycles. The summed E-state index contributed by atoms with van der Waals surface area (Å²) in [5.74, 6) is -1.15. The number of nitrogens with one attached hydrogen (secondary N) is 1. The largest absolute Gasteiger partial charge is 0.490 e. The molecule has 10 heteroatoms. The summed E-state index contributed by atoms with van der Waals surface area (Å²) in [6.07, 6.45) is 3.88. The second kappa shape index (κ2) is 11.4. The zero-order valence-corrected chi connectivity index (χ0v) is 19.2. The topological polar surface area (TPSA) is 111 Å². The number of nitro benzene ring substituents is 1. The summed E-state index contributed by atoms with van der Waals surface area (Å²) < 4.78 is 24.9. The molecule has 1 unspecified atom stereocenters. The van der Waals surface area contributed by atoms with E-state index in [-0.39, 0.29) is 41.2 Å². The third kappa shape index (κ3) is 6.21. The maximum atomic E-state index is 14.3. The third-order valence-corrected chi connectivity index (χ3v) is 5.88. The molecule has 1 fully saturated rings. The fourth-order valence-electron chi connectivity index (χ4n) is 3.91. The summed E-state index contributed by atoms with van der Waals surface area (Å²) in [5, 5.41) is 14.0. The summed E-state index contributed by atoms with van der Waals surface area (Å²) in [5.41, 5.74) is 0.0351. The quantitative estimate of drug-likeness (QED) is 0.417. The molecular formula is C24H28FN3O6. The van der Waals surface area contributed by atoms with E-state index < -0.39 is 29.3 Å². The van der Waals surface area contributed by atoms with E-state index in [1.807, 2.05) is 0 Å². The summed E-state index contributed by atoms with van der Waals surface area (Å²) >= 11 is 0. The SMILES string of the molecule is COc1cc(OCC(=O)N(Cc2ccccc2F)C(C)C(=O)NC2CCCC2)ccc1[N+](=O)[O-]. The van der Waals surface area contributed by atoms with E-state index in [0.717, 1.165) is 25.7 Å². The van der Waals surface area contributed by atoms with Crippen LogP contribution in [0.5, 0.6) is 11.5 Å². The van der Waals surface area contributed by atoms with E-state index in [0.29, 0.717) is 0 Å². The van der Waals surface area contributed by atoms with Crippen LogP contribution in [0.3, 0.4) is 0 Å². The summed E-state index contributed by atoms with van der Waals surface area (Å²) in [4.78, 5) is 37.7. The smallest absolute Gasteiger partial charge is 0.311 e. The molecule has 1 aliphatic carbocycles. The predicted octanol–water partition coefficient (Wildman–Crippen LogP) is 3.60. The van der Waals surface area contributed by atoms with Crippen molar-refractivity contribution in [2.75, 3.05) is 13.7 Å². The van der Waals surface area contributed by atoms with Crippen molar-refractivity contribution in [2.45, 2.75) is 51.2 Å². The molecule has 1 aliphatic rings. The summed E-state index contributed by atoms with van der Waals surface area (Å²) in [6, 6.07) is 9.14. The number of nitro groups is 1. The van der Waals surface area contributed by atoms with Gasteiger partial charge in [0.1, 0.15) is 17.6 Å². The Morgan fingerprint density at radius 3 is 2.59 bits per heavy atom. The first-order chi connectivity index (χ1) is 16.3. The highest BCUT2D eigenvalue weighted by Crippen LogP contribution is 2.30. The Morgan fingerprint density at radius 1 is 1.24 bits per heavy atom. The van der Waals surface area contributed by atoms with Crippen LogP contribution in [0.25, 0.3) is 0 Å². The molecule has 0 bridgehead atoms. The molecule has 0 saturated heterocycles. The summed E-state index contributed by atoms with van der Waals surface area (Å²) in [6.45, 7) is 1.03. The molecule has 0 radical (unpaired) electrons. The van der Waals surface area contributed by atoms with E-state index in [4.69, 9.17) is 9.47 Å². The van der Waals surface area contributed by atoms with E-state index in [1.54, 1.807) is 25.1 Å². The Balaban J connectivity index is 1.75. The summed E-state index contributed by atoms with van der Waals surface area (Å²) in [7, 11) is 1.29. The first kappa shape index (κ1) is 24.9. The van der Waals surface area contributed by atoms with Gasteiger partial charge in [0.15, 0.2) is 6.61 Å². The minimum Gasteiger partial charge on any atom is -0.490 e. The lowest BCUT2D eigenvalue weighted by atomic mass is 10.1. The number of methoxy groups -OCH3 is 1. The molecule has 2 aromatic carbocycles. The van der Waals surface area contributed by atoms with Gasteiger partial charge in [0.05, 0.1) is 12.0 Å². The number of hydrogen-bond acceptors (Lipinski definition) is 6. The first-order valence-electron chi connectivity index (χ1n) is 11.1. The van der Waals surface area contributed by atoms with Crippen molar-refractivity contribution in [1.29, 1.82) is 0 Å². The van der Waals surface area contributed by atoms with Gasteiger partial charge in [0.2, 0.25) is 11.7 Å². The molecule has 0 aliphatic heterocycles. The van der Waals surface area contributed by atoms with Gasteiger partial charge in [0.25, 0.3) is 5.91 Å². The monoisotopic (exact) mass is 473 g/mol. The lowest BCUT2D eigenvalue weighted by Crippen LogP contribution is -2.50. The Bertz CT molecular complexity index is 1040. The Morgan fingerprint density at radius 2 is 1.94 bits per heavy atom. The molecule has 34 heavy (non-hydrogen) atoms. The minimum atomic E-state index is -0.859. The number of nitrogens with zero attached hydrogens (tertiary/aromatic N) is 2. The third-order valence-electron chi connectivity index (χ3n) is 5.88. The fourth-order valence-corrected chi connectivity index (χ4v) is 3.91. The van der Waals surface area contributed by atoms with Crippen molar-refractivity contribution in [3.8, 4) is 11.5 Å². The number of ether oxygens (including phenoxy) is 2. The standard InChI is InChI=1S/C24H28FN3O6/c1-16(24(30)26-18-8-4-5-9-18)27(14-17-7-3-6-10-20(17)25)23(29)15-34-19-11-12-21(28(31)32)22(13-19)33-2/h3,6-7,10-13,16,18H,4-5,8-9,14-15H2,1-2H3,(H,26,30). The minimum absolute atomic E-state index is 0.0116. The van der Waals surface area contributed by atoms with Crippen LogP contribution in [0.1, 0.15) is 38.2 Å². The zero-order valence-electron chi connectivity index (χ0n) is 19.2. The van der Waals surface area contributed by atoms with E-state index in [9.17, 15) is 24.1 Å². The van der Waals surface area contributed by atoms with Crippen LogP contribution in [0, 0.1) is 15.9 Å². The molecule has 1 N–H and O–H groups in total. The molecule has 1 atom stereocenters. The normalized spacial score (nSPS) is 14.3. The average molecular weight is 474 g/mol. The molecule has 0 aromatic heterocycles. The number of carbonyl (C=O) groups excluding carboxylic acids is 2. The molecular weight excluding hydrogens is 445 g/mol. The predicted molar refractivity (Wildman–Crippen MR) is 122 cm³/mol. The molecule has 0 spiro atoms. The van der Waals surface area contributed by atoms with Crippen LogP contribution in [0.2, 0.25) is 0 Å². The van der Waals surface area contributed by atoms with Crippen molar-refractivity contribution >= 4 is 17.5 Å². The number of carbonyl (C=O) groups is 2. The van der Waals surface area contributed by atoms with Gasteiger partial charge in [-0.1, -0.05) is 31.0 Å². The molecule has 182 valence electrons. The maximum absolute atomic E-state index is 14.3. The highest BCUT2D eigenvalue weighted by molar-refractivity contribution is 5.88. The maximum Gasteiger partial charge on any atom is 0.311 e. The van der Waals surface area contributed by atoms with Crippen molar-refractivity contribution in [3.05, 3.63) is 64.0 Å². The van der Waals surface area contributed by atoms with Crippen LogP contribution in [0.4, 0.5) is 10.1 Å². The molecule has 1 saturated carbocycles. The first-order valence-corrected chi connectivity index (χ1v) is 11.1. The highest BCUT2D eigenvalue weighted by Gasteiger charge is 2.29. The van der Waals surface area contributed by atoms with Gasteiger partial charge in [-0.25, -0.2) is 4.39 Å². The van der Waals surface area contributed by atoms with Gasteiger partial charge in [-0.05, 0) is 31.9 Å². The van der Waals surface area contributed by atoms with E-state index >= 15 is 0 Å². The van der Waals surface area contributed by atoms with Gasteiger partial charge in [-0.2, -0.15) is 0 Å². The van der Waals surface area contributed by atoms with Crippen molar-refractivity contribution in [3.63, 3.8) is 0 Å². The number of halogens is 1. The van der Waals surface area contributed by atoms with Gasteiger partial charge < -0.3 is 19.7 Å². The van der Waals surface area contributed by atoms with E-state index in [2.05, 4.69) is 5.32 Å². The Labute approximate surface area is 197 Å². The van der Waals surface area contributed by atoms with Gasteiger partial charge >= 0.3 is 5.69 Å². The lowest BCUT2D eigenvalue weighted by Gasteiger charge is -2.29. The van der Waals surface area contributed by atoms with Crippen LogP contribution in [-0.2, 0) is 16.1 Å². The fraction of sp³-hybridized carbons (Fsp3) is 0.417. The lowest BCUT2D eigenvalue weighted by molar-refractivity contribution is -0.385. The molecule has 2 aromatic rings. The molecule has 9 nitrogen and oxygen atoms in total. The molecule has 3 rings (SSSR count). The second-order valence-electron chi connectivity index (χ2n) is 8.16. The van der Waals surface area contributed by atoms with Crippen molar-refractivity contribution in [1.82, 2.24) is 10.2 Å². The van der Waals surface area contributed by atoms with Crippen LogP contribution in [0.15, 0.2) is 42.5 Å². The van der Waals surface area contributed by atoms with Gasteiger partial charge in [-0.15, -0.1) is 0 Å². The van der Waals surface area contributed by atoms with Crippen molar-refractivity contribution in [2.24, 2.45) is 0 Å². The number of benzene rings is 2. The number of hydrogen-bond donors (Lipinski definition) is 1. The molecule has 2 amide bonds. The number of amides is 2. The van der Waals surface area contributed by atoms with Gasteiger partial charge in [0, 0.05) is 30.3 Å². The Hall–Kier alpha value is -3.69. The van der Waals surface area contributed by atoms with E-state index in [1.165, 1.54) is 36.3 Å². The number of rotatable bonds is 10. The van der Waals surface area contributed by atoms with Gasteiger partial charge in [-0.3, -0.25) is 19.7 Å². The highest BCUT2D eigenvalue weighted by atomic mass is 19.1. The average Bonchev–Trinajstić information content (AvgIpc) is 3.34. The zero-order chi connectivity index (χ0) is 24.7. The van der Waals surface area contributed by atoms with Crippen molar-refractivity contribution < 1.29 is 28.4 Å².